The van der Waals surface area contributed by atoms with E-state index in [-0.39, 0.29) is 12.4 Å². The topological polar surface area (TPSA) is 117 Å². The van der Waals surface area contributed by atoms with Gasteiger partial charge in [0.15, 0.2) is 5.82 Å². The average Bonchev–Trinajstić information content (AvgIpc) is 2.77. The Morgan fingerprint density at radius 2 is 2.21 bits per heavy atom. The van der Waals surface area contributed by atoms with Gasteiger partial charge in [-0.2, -0.15) is 4.98 Å². The van der Waals surface area contributed by atoms with Gasteiger partial charge in [-0.05, 0) is 13.3 Å². The van der Waals surface area contributed by atoms with Crippen LogP contribution in [-0.2, 0) is 11.3 Å². The number of nitrogens with one attached hydrogen (secondary N) is 2. The third-order valence-corrected chi connectivity index (χ3v) is 2.42. The van der Waals surface area contributed by atoms with Gasteiger partial charge in [0.2, 0.25) is 5.89 Å². The number of carbonyl (C=O) groups is 2. The lowest BCUT2D eigenvalue weighted by Crippen LogP contribution is -2.45. The standard InChI is InChI=1S/C11H18N4O4/c1-3-4-5-8(10(16)17)14-11(18)12-6-9-13-7(2)15-19-9/h8H,3-6H2,1-2H3,(H,16,17)(H2,12,14,18)/t8-/m0/s1. The molecule has 19 heavy (non-hydrogen) atoms. The molecule has 0 aliphatic rings. The molecule has 8 nitrogen and oxygen atoms in total. The number of rotatable bonds is 7. The van der Waals surface area contributed by atoms with E-state index in [1.807, 2.05) is 6.92 Å². The van der Waals surface area contributed by atoms with Crippen LogP contribution in [-0.4, -0.2) is 33.3 Å². The van der Waals surface area contributed by atoms with Crippen LogP contribution in [0.1, 0.15) is 37.9 Å². The van der Waals surface area contributed by atoms with Gasteiger partial charge in [0.1, 0.15) is 6.04 Å². The van der Waals surface area contributed by atoms with E-state index in [0.717, 1.165) is 12.8 Å². The van der Waals surface area contributed by atoms with Crippen molar-refractivity contribution >= 4 is 12.0 Å². The van der Waals surface area contributed by atoms with Gasteiger partial charge >= 0.3 is 12.0 Å². The van der Waals surface area contributed by atoms with Crippen molar-refractivity contribution in [2.45, 2.75) is 45.7 Å². The molecule has 0 aliphatic carbocycles. The zero-order chi connectivity index (χ0) is 14.3. The van der Waals surface area contributed by atoms with Gasteiger partial charge in [-0.25, -0.2) is 9.59 Å². The van der Waals surface area contributed by atoms with Crippen molar-refractivity contribution in [2.24, 2.45) is 0 Å². The Bertz CT molecular complexity index is 432. The number of unbranched alkanes of at least 4 members (excludes halogenated alkanes) is 1. The number of carboxylic acid groups (broad SMARTS) is 1. The number of hydrogen-bond acceptors (Lipinski definition) is 5. The molecule has 106 valence electrons. The number of hydrogen-bond donors (Lipinski definition) is 3. The predicted octanol–water partition coefficient (Wildman–Crippen LogP) is 0.821. The summed E-state index contributed by atoms with van der Waals surface area (Å²) in [5, 5.41) is 17.4. The minimum atomic E-state index is -1.04. The quantitative estimate of drug-likeness (QED) is 0.675. The minimum Gasteiger partial charge on any atom is -0.480 e. The van der Waals surface area contributed by atoms with Crippen LogP contribution in [0.2, 0.25) is 0 Å². The highest BCUT2D eigenvalue weighted by Crippen LogP contribution is 2.01. The summed E-state index contributed by atoms with van der Waals surface area (Å²) >= 11 is 0. The molecule has 0 saturated carbocycles. The summed E-state index contributed by atoms with van der Waals surface area (Å²) in [4.78, 5) is 26.4. The predicted molar refractivity (Wildman–Crippen MR) is 65.4 cm³/mol. The first-order chi connectivity index (χ1) is 9.02. The Kier molecular flexibility index (Phi) is 5.77. The molecule has 1 heterocycles. The second-order valence-electron chi connectivity index (χ2n) is 4.10. The molecule has 3 N–H and O–H groups in total. The van der Waals surface area contributed by atoms with Crippen LogP contribution in [0.5, 0.6) is 0 Å². The van der Waals surface area contributed by atoms with E-state index in [0.29, 0.717) is 12.2 Å². The lowest BCUT2D eigenvalue weighted by atomic mass is 10.1. The van der Waals surface area contributed by atoms with E-state index in [1.54, 1.807) is 6.92 Å². The zero-order valence-corrected chi connectivity index (χ0v) is 11.0. The summed E-state index contributed by atoms with van der Waals surface area (Å²) in [5.74, 6) is -0.297. The maximum atomic E-state index is 11.5. The highest BCUT2D eigenvalue weighted by atomic mass is 16.5. The largest absolute Gasteiger partial charge is 0.480 e. The third kappa shape index (κ3) is 5.36. The van der Waals surface area contributed by atoms with Gasteiger partial charge in [0, 0.05) is 0 Å². The molecule has 8 heteroatoms. The number of urea groups is 1. The molecule has 0 aliphatic heterocycles. The van der Waals surface area contributed by atoms with E-state index in [4.69, 9.17) is 9.63 Å². The van der Waals surface area contributed by atoms with Crippen molar-refractivity contribution in [3.8, 4) is 0 Å². The zero-order valence-electron chi connectivity index (χ0n) is 11.0. The first-order valence-corrected chi connectivity index (χ1v) is 6.09. The third-order valence-electron chi connectivity index (χ3n) is 2.42. The summed E-state index contributed by atoms with van der Waals surface area (Å²) < 4.78 is 4.81. The van der Waals surface area contributed by atoms with Gasteiger partial charge in [0.05, 0.1) is 6.54 Å². The van der Waals surface area contributed by atoms with Crippen molar-refractivity contribution in [2.75, 3.05) is 0 Å². The maximum absolute atomic E-state index is 11.5. The molecule has 0 aromatic carbocycles. The summed E-state index contributed by atoms with van der Waals surface area (Å²) in [6.07, 6.45) is 2.01. The number of aromatic nitrogens is 2. The first-order valence-electron chi connectivity index (χ1n) is 6.09. The average molecular weight is 270 g/mol. The number of nitrogens with zero attached hydrogens (tertiary/aromatic N) is 2. The molecule has 0 spiro atoms. The number of amides is 2. The fourth-order valence-electron chi connectivity index (χ4n) is 1.44. The van der Waals surface area contributed by atoms with Gasteiger partial charge < -0.3 is 20.3 Å². The Hall–Kier alpha value is -2.12. The van der Waals surface area contributed by atoms with Gasteiger partial charge in [-0.15, -0.1) is 0 Å². The second kappa shape index (κ2) is 7.34. The Morgan fingerprint density at radius 3 is 2.74 bits per heavy atom. The summed E-state index contributed by atoms with van der Waals surface area (Å²) in [6, 6.07) is -1.45. The molecular formula is C11H18N4O4. The van der Waals surface area contributed by atoms with Crippen molar-refractivity contribution < 1.29 is 19.2 Å². The van der Waals surface area contributed by atoms with Crippen LogP contribution in [0.4, 0.5) is 4.79 Å². The number of aryl methyl sites for hydroxylation is 1. The normalized spacial score (nSPS) is 11.9. The Balaban J connectivity index is 2.37. The van der Waals surface area contributed by atoms with Crippen LogP contribution in [0, 0.1) is 6.92 Å². The number of aliphatic carboxylic acids is 1. The van der Waals surface area contributed by atoms with E-state index in [9.17, 15) is 9.59 Å². The van der Waals surface area contributed by atoms with Crippen molar-refractivity contribution in [3.05, 3.63) is 11.7 Å². The molecule has 0 unspecified atom stereocenters. The van der Waals surface area contributed by atoms with Crippen molar-refractivity contribution in [1.29, 1.82) is 0 Å². The van der Waals surface area contributed by atoms with Crippen LogP contribution >= 0.6 is 0 Å². The molecule has 1 aromatic rings. The van der Waals surface area contributed by atoms with E-state index in [1.165, 1.54) is 0 Å². The van der Waals surface area contributed by atoms with Gasteiger partial charge in [-0.3, -0.25) is 0 Å². The van der Waals surface area contributed by atoms with Gasteiger partial charge in [-0.1, -0.05) is 24.9 Å². The van der Waals surface area contributed by atoms with E-state index < -0.39 is 18.0 Å². The Morgan fingerprint density at radius 1 is 1.47 bits per heavy atom. The van der Waals surface area contributed by atoms with Crippen LogP contribution in [0.25, 0.3) is 0 Å². The smallest absolute Gasteiger partial charge is 0.326 e. The van der Waals surface area contributed by atoms with Crippen LogP contribution < -0.4 is 10.6 Å². The number of carboxylic acids is 1. The van der Waals surface area contributed by atoms with Gasteiger partial charge in [0.25, 0.3) is 0 Å². The van der Waals surface area contributed by atoms with E-state index >= 15 is 0 Å². The van der Waals surface area contributed by atoms with Crippen LogP contribution in [0.15, 0.2) is 4.52 Å². The molecule has 0 radical (unpaired) electrons. The highest BCUT2D eigenvalue weighted by Gasteiger charge is 2.19. The monoisotopic (exact) mass is 270 g/mol. The summed E-state index contributed by atoms with van der Waals surface area (Å²) in [5.41, 5.74) is 0. The summed E-state index contributed by atoms with van der Waals surface area (Å²) in [6.45, 7) is 3.68. The van der Waals surface area contributed by atoms with Crippen LogP contribution in [0.3, 0.4) is 0 Å². The molecule has 0 bridgehead atoms. The fourth-order valence-corrected chi connectivity index (χ4v) is 1.44. The molecule has 0 saturated heterocycles. The molecule has 0 fully saturated rings. The molecular weight excluding hydrogens is 252 g/mol. The summed E-state index contributed by atoms with van der Waals surface area (Å²) in [7, 11) is 0. The molecule has 1 rings (SSSR count). The number of carbonyl (C=O) groups excluding carboxylic acids is 1. The minimum absolute atomic E-state index is 0.0623. The molecule has 2 amide bonds. The fraction of sp³-hybridized carbons (Fsp3) is 0.636. The highest BCUT2D eigenvalue weighted by molar-refractivity contribution is 5.82. The lowest BCUT2D eigenvalue weighted by molar-refractivity contribution is -0.139. The SMILES string of the molecule is CCCC[C@H](NC(=O)NCc1nc(C)no1)C(=O)O. The second-order valence-corrected chi connectivity index (χ2v) is 4.10. The molecule has 1 atom stereocenters. The van der Waals surface area contributed by atoms with Crippen molar-refractivity contribution in [3.63, 3.8) is 0 Å². The van der Waals surface area contributed by atoms with E-state index in [2.05, 4.69) is 20.8 Å². The first kappa shape index (κ1) is 14.9. The Labute approximate surface area is 110 Å². The maximum Gasteiger partial charge on any atom is 0.326 e. The molecule has 1 aromatic heterocycles. The lowest BCUT2D eigenvalue weighted by Gasteiger charge is -2.14. The van der Waals surface area contributed by atoms with Crippen molar-refractivity contribution in [1.82, 2.24) is 20.8 Å².